The fraction of sp³-hybridized carbons (Fsp3) is 0.179. The third-order valence-electron chi connectivity index (χ3n) is 6.21. The van der Waals surface area contributed by atoms with Gasteiger partial charge in [0.05, 0.1) is 30.5 Å². The second-order valence-electron chi connectivity index (χ2n) is 8.55. The van der Waals surface area contributed by atoms with Crippen molar-refractivity contribution in [2.45, 2.75) is 19.6 Å². The minimum atomic E-state index is -0.610. The summed E-state index contributed by atoms with van der Waals surface area (Å²) in [6.07, 6.45) is 1.45. The molecule has 38 heavy (non-hydrogen) atoms. The topological polar surface area (TPSA) is 99.5 Å². The van der Waals surface area contributed by atoms with Gasteiger partial charge in [0.15, 0.2) is 0 Å². The third-order valence-corrected chi connectivity index (χ3v) is 6.51. The summed E-state index contributed by atoms with van der Waals surface area (Å²) in [6.45, 7) is 2.20. The molecular formula is C28H26ClN5O4. The lowest BCUT2D eigenvalue weighted by atomic mass is 9.94. The predicted molar refractivity (Wildman–Crippen MR) is 145 cm³/mol. The normalized spacial score (nSPS) is 14.4. The van der Waals surface area contributed by atoms with Crippen LogP contribution < -0.4 is 24.8 Å². The Labute approximate surface area is 225 Å². The number of carbonyl (C=O) groups excluding carboxylic acids is 1. The zero-order valence-corrected chi connectivity index (χ0v) is 21.8. The van der Waals surface area contributed by atoms with Gasteiger partial charge in [0.25, 0.3) is 5.91 Å². The summed E-state index contributed by atoms with van der Waals surface area (Å²) >= 11 is 6.26. The molecule has 10 heteroatoms. The maximum Gasteiger partial charge on any atom is 0.255 e. The number of nitrogens with zero attached hydrogens (tertiary/aromatic N) is 3. The number of amides is 1. The Morgan fingerprint density at radius 1 is 1.03 bits per heavy atom. The molecule has 1 aromatic heterocycles. The van der Waals surface area contributed by atoms with Crippen molar-refractivity contribution in [3.05, 3.63) is 100 Å². The van der Waals surface area contributed by atoms with Gasteiger partial charge in [-0.25, -0.2) is 4.68 Å². The summed E-state index contributed by atoms with van der Waals surface area (Å²) in [7, 11) is 3.01. The maximum atomic E-state index is 13.9. The first kappa shape index (κ1) is 25.2. The van der Waals surface area contributed by atoms with E-state index in [1.807, 2.05) is 61.5 Å². The largest absolute Gasteiger partial charge is 0.495 e. The first-order valence-electron chi connectivity index (χ1n) is 11.9. The van der Waals surface area contributed by atoms with Crippen LogP contribution in [-0.2, 0) is 11.4 Å². The Kier molecular flexibility index (Phi) is 7.19. The molecule has 2 heterocycles. The lowest BCUT2D eigenvalue weighted by Gasteiger charge is -2.30. The maximum absolute atomic E-state index is 13.9. The molecule has 3 aromatic carbocycles. The summed E-state index contributed by atoms with van der Waals surface area (Å²) in [5.74, 6) is 1.60. The number of carbonyl (C=O) groups is 1. The van der Waals surface area contributed by atoms with Gasteiger partial charge in [0, 0.05) is 23.4 Å². The molecular weight excluding hydrogens is 506 g/mol. The van der Waals surface area contributed by atoms with Crippen LogP contribution in [0.3, 0.4) is 0 Å². The zero-order chi connectivity index (χ0) is 26.6. The van der Waals surface area contributed by atoms with Crippen LogP contribution in [0.15, 0.2) is 84.3 Å². The molecule has 0 unspecified atom stereocenters. The van der Waals surface area contributed by atoms with Crippen LogP contribution in [0.2, 0.25) is 5.02 Å². The van der Waals surface area contributed by atoms with E-state index in [0.29, 0.717) is 51.8 Å². The van der Waals surface area contributed by atoms with E-state index in [2.05, 4.69) is 20.7 Å². The highest BCUT2D eigenvalue weighted by Gasteiger charge is 2.35. The van der Waals surface area contributed by atoms with Crippen molar-refractivity contribution in [1.29, 1.82) is 0 Å². The van der Waals surface area contributed by atoms with Crippen molar-refractivity contribution >= 4 is 29.1 Å². The number of nitrogens with one attached hydrogen (secondary N) is 2. The van der Waals surface area contributed by atoms with Crippen LogP contribution in [0.1, 0.15) is 24.1 Å². The Morgan fingerprint density at radius 3 is 2.53 bits per heavy atom. The van der Waals surface area contributed by atoms with E-state index in [1.165, 1.54) is 20.5 Å². The smallest absolute Gasteiger partial charge is 0.255 e. The first-order chi connectivity index (χ1) is 18.5. The predicted octanol–water partition coefficient (Wildman–Crippen LogP) is 5.46. The number of benzene rings is 3. The zero-order valence-electron chi connectivity index (χ0n) is 21.1. The standard InChI is InChI=1S/C28H26ClN5O4/c1-17-25(27(35)33-21-14-23(36-2)20(29)13-24(21)37-3)26(34-28(32-17)30-16-31-34)19-11-7-8-12-22(19)38-15-18-9-5-4-6-10-18/h4-14,16,26H,15H2,1-3H3,(H,33,35)(H,30,31,32)/t26-/m1/s1. The molecule has 0 bridgehead atoms. The number of hydrogen-bond acceptors (Lipinski definition) is 7. The summed E-state index contributed by atoms with van der Waals surface area (Å²) in [6, 6.07) is 20.1. The second kappa shape index (κ2) is 10.9. The molecule has 4 aromatic rings. The van der Waals surface area contributed by atoms with Gasteiger partial charge in [-0.3, -0.25) is 4.79 Å². The van der Waals surface area contributed by atoms with E-state index in [1.54, 1.807) is 16.8 Å². The number of fused-ring (bicyclic) bond motifs is 1. The summed E-state index contributed by atoms with van der Waals surface area (Å²) < 4.78 is 18.7. The number of halogens is 1. The van der Waals surface area contributed by atoms with Crippen molar-refractivity contribution in [3.8, 4) is 17.2 Å². The minimum absolute atomic E-state index is 0.360. The molecule has 0 radical (unpaired) electrons. The Bertz CT molecular complexity index is 1500. The van der Waals surface area contributed by atoms with Gasteiger partial charge in [-0.1, -0.05) is 60.1 Å². The fourth-order valence-corrected chi connectivity index (χ4v) is 4.62. The molecule has 0 aliphatic carbocycles. The molecule has 2 N–H and O–H groups in total. The van der Waals surface area contributed by atoms with Crippen LogP contribution in [-0.4, -0.2) is 34.9 Å². The SMILES string of the molecule is COc1cc(NC(=O)C2=C(C)Nc3ncnn3[C@@H]2c2ccccc2OCc2ccccc2)c(OC)cc1Cl. The van der Waals surface area contributed by atoms with Gasteiger partial charge < -0.3 is 24.8 Å². The number of anilines is 2. The number of para-hydroxylation sites is 1. The number of hydrogen-bond donors (Lipinski definition) is 2. The summed E-state index contributed by atoms with van der Waals surface area (Å²) in [4.78, 5) is 18.2. The van der Waals surface area contributed by atoms with E-state index < -0.39 is 6.04 Å². The van der Waals surface area contributed by atoms with E-state index >= 15 is 0 Å². The van der Waals surface area contributed by atoms with Crippen molar-refractivity contribution < 1.29 is 19.0 Å². The Hall–Kier alpha value is -4.50. The second-order valence-corrected chi connectivity index (χ2v) is 8.95. The van der Waals surface area contributed by atoms with E-state index in [-0.39, 0.29) is 5.91 Å². The third kappa shape index (κ3) is 4.88. The highest BCUT2D eigenvalue weighted by atomic mass is 35.5. The molecule has 5 rings (SSSR count). The molecule has 1 atom stereocenters. The number of methoxy groups -OCH3 is 2. The van der Waals surface area contributed by atoms with E-state index in [0.717, 1.165) is 11.1 Å². The van der Waals surface area contributed by atoms with Crippen molar-refractivity contribution in [3.63, 3.8) is 0 Å². The van der Waals surface area contributed by atoms with Crippen LogP contribution in [0, 0.1) is 0 Å². The van der Waals surface area contributed by atoms with Gasteiger partial charge in [-0.2, -0.15) is 10.1 Å². The van der Waals surface area contributed by atoms with Crippen LogP contribution >= 0.6 is 11.6 Å². The minimum Gasteiger partial charge on any atom is -0.495 e. The molecule has 0 saturated heterocycles. The average Bonchev–Trinajstić information content (AvgIpc) is 3.40. The van der Waals surface area contributed by atoms with Crippen molar-refractivity contribution in [2.75, 3.05) is 24.9 Å². The molecule has 9 nitrogen and oxygen atoms in total. The fourth-order valence-electron chi connectivity index (χ4n) is 4.39. The summed E-state index contributed by atoms with van der Waals surface area (Å²) in [5.41, 5.74) is 3.28. The van der Waals surface area contributed by atoms with E-state index in [4.69, 9.17) is 25.8 Å². The Morgan fingerprint density at radius 2 is 1.76 bits per heavy atom. The lowest BCUT2D eigenvalue weighted by molar-refractivity contribution is -0.113. The highest BCUT2D eigenvalue weighted by Crippen LogP contribution is 2.41. The number of aromatic nitrogens is 3. The molecule has 1 aliphatic rings. The lowest BCUT2D eigenvalue weighted by Crippen LogP contribution is -2.31. The Balaban J connectivity index is 1.54. The average molecular weight is 532 g/mol. The molecule has 0 fully saturated rings. The van der Waals surface area contributed by atoms with E-state index in [9.17, 15) is 4.79 Å². The van der Waals surface area contributed by atoms with Crippen LogP contribution in [0.5, 0.6) is 17.2 Å². The molecule has 1 aliphatic heterocycles. The molecule has 0 spiro atoms. The summed E-state index contributed by atoms with van der Waals surface area (Å²) in [5, 5.41) is 10.9. The van der Waals surface area contributed by atoms with Crippen LogP contribution in [0.25, 0.3) is 0 Å². The van der Waals surface area contributed by atoms with Crippen molar-refractivity contribution in [2.24, 2.45) is 0 Å². The monoisotopic (exact) mass is 531 g/mol. The van der Waals surface area contributed by atoms with Gasteiger partial charge >= 0.3 is 0 Å². The molecule has 194 valence electrons. The first-order valence-corrected chi connectivity index (χ1v) is 12.2. The van der Waals surface area contributed by atoms with Gasteiger partial charge in [-0.05, 0) is 18.6 Å². The number of rotatable bonds is 8. The molecule has 0 saturated carbocycles. The number of allylic oxidation sites excluding steroid dienone is 1. The number of ether oxygens (including phenoxy) is 3. The van der Waals surface area contributed by atoms with Crippen molar-refractivity contribution in [1.82, 2.24) is 14.8 Å². The molecule has 1 amide bonds. The van der Waals surface area contributed by atoms with Gasteiger partial charge in [-0.15, -0.1) is 0 Å². The highest BCUT2D eigenvalue weighted by molar-refractivity contribution is 6.32. The quantitative estimate of drug-likeness (QED) is 0.311. The van der Waals surface area contributed by atoms with Crippen LogP contribution in [0.4, 0.5) is 11.6 Å². The van der Waals surface area contributed by atoms with Gasteiger partial charge in [0.2, 0.25) is 5.95 Å². The van der Waals surface area contributed by atoms with Gasteiger partial charge in [0.1, 0.15) is 36.2 Å².